The molecular formula is C20H21NO4. The number of esters is 1. The average molecular weight is 339 g/mol. The topological polar surface area (TPSA) is 72.5 Å². The van der Waals surface area contributed by atoms with Gasteiger partial charge in [-0.25, -0.2) is 0 Å². The van der Waals surface area contributed by atoms with E-state index in [2.05, 4.69) is 5.32 Å². The van der Waals surface area contributed by atoms with Gasteiger partial charge in [0.2, 0.25) is 0 Å². The Bertz CT molecular complexity index is 673. The number of benzene rings is 2. The monoisotopic (exact) mass is 339 g/mol. The number of ketones is 1. The Labute approximate surface area is 147 Å². The molecule has 0 unspecified atom stereocenters. The SMILES string of the molecule is CC(=O)CCC(=O)OCC(=O)NC(c1ccccc1)c1ccccc1. The third-order valence-corrected chi connectivity index (χ3v) is 3.62. The highest BCUT2D eigenvalue weighted by Crippen LogP contribution is 2.21. The van der Waals surface area contributed by atoms with Gasteiger partial charge in [0, 0.05) is 6.42 Å². The van der Waals surface area contributed by atoms with Gasteiger partial charge in [-0.05, 0) is 18.1 Å². The fourth-order valence-corrected chi connectivity index (χ4v) is 2.35. The van der Waals surface area contributed by atoms with E-state index in [-0.39, 0.29) is 31.3 Å². The lowest BCUT2D eigenvalue weighted by molar-refractivity contribution is -0.149. The van der Waals surface area contributed by atoms with Crippen LogP contribution in [0.4, 0.5) is 0 Å². The molecule has 0 aliphatic heterocycles. The number of ether oxygens (including phenoxy) is 1. The summed E-state index contributed by atoms with van der Waals surface area (Å²) in [5.74, 6) is -1.04. The second kappa shape index (κ2) is 9.37. The minimum Gasteiger partial charge on any atom is -0.456 e. The van der Waals surface area contributed by atoms with Crippen molar-refractivity contribution >= 4 is 17.7 Å². The molecule has 5 nitrogen and oxygen atoms in total. The molecule has 0 aliphatic rings. The smallest absolute Gasteiger partial charge is 0.306 e. The molecule has 1 amide bonds. The molecule has 0 fully saturated rings. The molecule has 0 heterocycles. The normalized spacial score (nSPS) is 10.3. The standard InChI is InChI=1S/C20H21NO4/c1-15(22)12-13-19(24)25-14-18(23)21-20(16-8-4-2-5-9-16)17-10-6-3-7-11-17/h2-11,20H,12-14H2,1H3,(H,21,23). The molecular weight excluding hydrogens is 318 g/mol. The number of carbonyl (C=O) groups excluding carboxylic acids is 3. The summed E-state index contributed by atoms with van der Waals surface area (Å²) in [7, 11) is 0. The van der Waals surface area contributed by atoms with Gasteiger partial charge in [0.05, 0.1) is 12.5 Å². The summed E-state index contributed by atoms with van der Waals surface area (Å²) in [6.45, 7) is 1.04. The Balaban J connectivity index is 1.99. The lowest BCUT2D eigenvalue weighted by atomic mass is 9.99. The predicted molar refractivity (Wildman–Crippen MR) is 93.7 cm³/mol. The number of amides is 1. The molecule has 0 spiro atoms. The van der Waals surface area contributed by atoms with Crippen molar-refractivity contribution in [2.75, 3.05) is 6.61 Å². The molecule has 25 heavy (non-hydrogen) atoms. The van der Waals surface area contributed by atoms with E-state index in [1.165, 1.54) is 6.92 Å². The fraction of sp³-hybridized carbons (Fsp3) is 0.250. The van der Waals surface area contributed by atoms with E-state index >= 15 is 0 Å². The van der Waals surface area contributed by atoms with Crippen LogP contribution < -0.4 is 5.32 Å². The number of nitrogens with one attached hydrogen (secondary N) is 1. The Morgan fingerprint density at radius 3 is 1.88 bits per heavy atom. The van der Waals surface area contributed by atoms with Crippen LogP contribution in [0.3, 0.4) is 0 Å². The summed E-state index contributed by atoms with van der Waals surface area (Å²) in [6, 6.07) is 18.8. The van der Waals surface area contributed by atoms with Crippen molar-refractivity contribution in [2.45, 2.75) is 25.8 Å². The Hall–Kier alpha value is -2.95. The van der Waals surface area contributed by atoms with Crippen molar-refractivity contribution in [1.82, 2.24) is 5.32 Å². The molecule has 130 valence electrons. The maximum Gasteiger partial charge on any atom is 0.306 e. The third kappa shape index (κ3) is 6.22. The van der Waals surface area contributed by atoms with E-state index < -0.39 is 11.9 Å². The number of hydrogen-bond acceptors (Lipinski definition) is 4. The number of rotatable bonds is 8. The molecule has 0 radical (unpaired) electrons. The zero-order valence-corrected chi connectivity index (χ0v) is 14.1. The van der Waals surface area contributed by atoms with Crippen LogP contribution in [0.5, 0.6) is 0 Å². The molecule has 0 aromatic heterocycles. The first-order valence-electron chi connectivity index (χ1n) is 8.10. The highest BCUT2D eigenvalue weighted by atomic mass is 16.5. The summed E-state index contributed by atoms with van der Waals surface area (Å²) >= 11 is 0. The van der Waals surface area contributed by atoms with E-state index in [1.807, 2.05) is 60.7 Å². The third-order valence-electron chi connectivity index (χ3n) is 3.62. The van der Waals surface area contributed by atoms with Gasteiger partial charge in [-0.2, -0.15) is 0 Å². The predicted octanol–water partition coefficient (Wildman–Crippen LogP) is 2.80. The molecule has 0 atom stereocenters. The van der Waals surface area contributed by atoms with Gasteiger partial charge in [0.1, 0.15) is 5.78 Å². The van der Waals surface area contributed by atoms with E-state index in [0.29, 0.717) is 0 Å². The molecule has 1 N–H and O–H groups in total. The summed E-state index contributed by atoms with van der Waals surface area (Å²) in [5.41, 5.74) is 1.87. The quantitative estimate of drug-likeness (QED) is 0.751. The van der Waals surface area contributed by atoms with Gasteiger partial charge in [0.25, 0.3) is 5.91 Å². The summed E-state index contributed by atoms with van der Waals surface area (Å²) < 4.78 is 4.92. The molecule has 2 aromatic carbocycles. The van der Waals surface area contributed by atoms with Crippen molar-refractivity contribution in [3.05, 3.63) is 71.8 Å². The van der Waals surface area contributed by atoms with Crippen LogP contribution in [-0.4, -0.2) is 24.3 Å². The maximum absolute atomic E-state index is 12.2. The molecule has 2 rings (SSSR count). The first-order valence-corrected chi connectivity index (χ1v) is 8.10. The van der Waals surface area contributed by atoms with Gasteiger partial charge in [-0.15, -0.1) is 0 Å². The maximum atomic E-state index is 12.2. The lowest BCUT2D eigenvalue weighted by Crippen LogP contribution is -2.33. The van der Waals surface area contributed by atoms with Gasteiger partial charge in [-0.1, -0.05) is 60.7 Å². The summed E-state index contributed by atoms with van der Waals surface area (Å²) in [6.07, 6.45) is 0.112. The van der Waals surface area contributed by atoms with Crippen molar-refractivity contribution in [3.63, 3.8) is 0 Å². The van der Waals surface area contributed by atoms with E-state index in [9.17, 15) is 14.4 Å². The van der Waals surface area contributed by atoms with E-state index in [4.69, 9.17) is 4.74 Å². The molecule has 0 aliphatic carbocycles. The number of Topliss-reactive ketones (excluding diaryl/α,β-unsaturated/α-hetero) is 1. The largest absolute Gasteiger partial charge is 0.456 e. The van der Waals surface area contributed by atoms with Gasteiger partial charge in [0.15, 0.2) is 6.61 Å². The highest BCUT2D eigenvalue weighted by Gasteiger charge is 2.17. The van der Waals surface area contributed by atoms with Crippen molar-refractivity contribution in [2.24, 2.45) is 0 Å². The fourth-order valence-electron chi connectivity index (χ4n) is 2.35. The second-order valence-electron chi connectivity index (χ2n) is 5.68. The van der Waals surface area contributed by atoms with Crippen LogP contribution >= 0.6 is 0 Å². The minimum absolute atomic E-state index is 0.0105. The Morgan fingerprint density at radius 1 is 0.880 bits per heavy atom. The Morgan fingerprint density at radius 2 is 1.40 bits per heavy atom. The van der Waals surface area contributed by atoms with E-state index in [0.717, 1.165) is 11.1 Å². The zero-order valence-electron chi connectivity index (χ0n) is 14.1. The zero-order chi connectivity index (χ0) is 18.1. The first kappa shape index (κ1) is 18.4. The lowest BCUT2D eigenvalue weighted by Gasteiger charge is -2.19. The van der Waals surface area contributed by atoms with Crippen molar-refractivity contribution in [3.8, 4) is 0 Å². The summed E-state index contributed by atoms with van der Waals surface area (Å²) in [4.78, 5) is 34.6. The van der Waals surface area contributed by atoms with Crippen LogP contribution in [0.25, 0.3) is 0 Å². The average Bonchev–Trinajstić information content (AvgIpc) is 2.64. The molecule has 5 heteroatoms. The molecule has 0 saturated carbocycles. The van der Waals surface area contributed by atoms with Crippen molar-refractivity contribution < 1.29 is 19.1 Å². The number of hydrogen-bond donors (Lipinski definition) is 1. The second-order valence-corrected chi connectivity index (χ2v) is 5.68. The van der Waals surface area contributed by atoms with Crippen LogP contribution in [0.2, 0.25) is 0 Å². The summed E-state index contributed by atoms with van der Waals surface area (Å²) in [5, 5.41) is 2.89. The van der Waals surface area contributed by atoms with Crippen LogP contribution in [0.15, 0.2) is 60.7 Å². The minimum atomic E-state index is -0.554. The Kier molecular flexibility index (Phi) is 6.89. The van der Waals surface area contributed by atoms with Crippen LogP contribution in [0.1, 0.15) is 36.9 Å². The van der Waals surface area contributed by atoms with Gasteiger partial charge in [-0.3, -0.25) is 9.59 Å². The number of carbonyl (C=O) groups is 3. The highest BCUT2D eigenvalue weighted by molar-refractivity contribution is 5.83. The van der Waals surface area contributed by atoms with Crippen molar-refractivity contribution in [1.29, 1.82) is 0 Å². The van der Waals surface area contributed by atoms with Gasteiger partial charge >= 0.3 is 5.97 Å². The van der Waals surface area contributed by atoms with Gasteiger partial charge < -0.3 is 14.8 Å². The van der Waals surface area contributed by atoms with E-state index in [1.54, 1.807) is 0 Å². The first-order chi connectivity index (χ1) is 12.1. The molecule has 0 bridgehead atoms. The van der Waals surface area contributed by atoms with Crippen LogP contribution in [0, 0.1) is 0 Å². The molecule has 2 aromatic rings. The van der Waals surface area contributed by atoms with Crippen LogP contribution in [-0.2, 0) is 19.1 Å². The molecule has 0 saturated heterocycles.